The molecule has 0 spiro atoms. The first-order valence-electron chi connectivity index (χ1n) is 8.00. The first kappa shape index (κ1) is 24.1. The van der Waals surface area contributed by atoms with Crippen molar-refractivity contribution >= 4 is 45.6 Å². The molecule has 1 unspecified atom stereocenters. The average molecular weight is 412 g/mol. The first-order chi connectivity index (χ1) is 11.1. The molecule has 0 saturated carbocycles. The highest BCUT2D eigenvalue weighted by atomic mass is 35.5. The summed E-state index contributed by atoms with van der Waals surface area (Å²) in [4.78, 5) is 12.3. The van der Waals surface area contributed by atoms with Gasteiger partial charge in [0.15, 0.2) is 0 Å². The van der Waals surface area contributed by atoms with E-state index in [4.69, 9.17) is 17.3 Å². The molecular weight excluding hydrogens is 385 g/mol. The molecule has 1 atom stereocenters. The van der Waals surface area contributed by atoms with Gasteiger partial charge in [0.1, 0.15) is 4.90 Å². The topological polar surface area (TPSA) is 92.5 Å². The third kappa shape index (κ3) is 5.82. The summed E-state index contributed by atoms with van der Waals surface area (Å²) in [5.41, 5.74) is 5.33. The van der Waals surface area contributed by atoms with Crippen LogP contribution in [0.3, 0.4) is 0 Å². The lowest BCUT2D eigenvalue weighted by Crippen LogP contribution is -2.48. The van der Waals surface area contributed by atoms with Crippen molar-refractivity contribution in [2.75, 3.05) is 18.4 Å². The van der Waals surface area contributed by atoms with Gasteiger partial charge in [-0.05, 0) is 31.5 Å². The third-order valence-electron chi connectivity index (χ3n) is 3.80. The van der Waals surface area contributed by atoms with Gasteiger partial charge in [-0.1, -0.05) is 38.8 Å². The fourth-order valence-corrected chi connectivity index (χ4v) is 4.35. The number of anilines is 1. The van der Waals surface area contributed by atoms with Crippen LogP contribution in [-0.2, 0) is 14.8 Å². The lowest BCUT2D eigenvalue weighted by Gasteiger charge is -2.23. The Morgan fingerprint density at radius 3 is 2.32 bits per heavy atom. The number of amides is 1. The van der Waals surface area contributed by atoms with E-state index in [1.165, 1.54) is 16.4 Å². The number of benzene rings is 1. The number of hydrogen-bond donors (Lipinski definition) is 2. The van der Waals surface area contributed by atoms with Gasteiger partial charge in [0.25, 0.3) is 0 Å². The number of nitrogens with zero attached hydrogens (tertiary/aromatic N) is 1. The zero-order chi connectivity index (χ0) is 18.5. The molecule has 1 rings (SSSR count). The van der Waals surface area contributed by atoms with Crippen molar-refractivity contribution in [3.05, 3.63) is 23.2 Å². The molecule has 25 heavy (non-hydrogen) atoms. The number of halogens is 2. The van der Waals surface area contributed by atoms with E-state index in [0.717, 1.165) is 6.42 Å². The van der Waals surface area contributed by atoms with Crippen LogP contribution < -0.4 is 11.1 Å². The quantitative estimate of drug-likeness (QED) is 0.686. The van der Waals surface area contributed by atoms with Crippen molar-refractivity contribution in [2.45, 2.75) is 51.0 Å². The van der Waals surface area contributed by atoms with E-state index in [-0.39, 0.29) is 28.2 Å². The number of rotatable bonds is 8. The van der Waals surface area contributed by atoms with Gasteiger partial charge < -0.3 is 11.1 Å². The fraction of sp³-hybridized carbons (Fsp3) is 0.562. The first-order valence-corrected chi connectivity index (χ1v) is 9.82. The molecule has 0 aliphatic rings. The SMILES string of the molecule is CCCC(C)(N)C(=O)Nc1ccc(Cl)c(S(=O)(=O)N(CC)CC)c1.Cl. The molecule has 9 heteroatoms. The summed E-state index contributed by atoms with van der Waals surface area (Å²) in [6, 6.07) is 4.39. The zero-order valence-electron chi connectivity index (χ0n) is 15.0. The Morgan fingerprint density at radius 2 is 1.84 bits per heavy atom. The highest BCUT2D eigenvalue weighted by molar-refractivity contribution is 7.89. The highest BCUT2D eigenvalue weighted by Crippen LogP contribution is 2.28. The summed E-state index contributed by atoms with van der Waals surface area (Å²) in [6.07, 6.45) is 1.29. The molecule has 3 N–H and O–H groups in total. The van der Waals surface area contributed by atoms with Gasteiger partial charge in [0.2, 0.25) is 15.9 Å². The largest absolute Gasteiger partial charge is 0.324 e. The molecule has 1 aromatic rings. The van der Waals surface area contributed by atoms with E-state index in [9.17, 15) is 13.2 Å². The predicted octanol–water partition coefficient (Wildman–Crippen LogP) is 3.25. The van der Waals surface area contributed by atoms with Crippen LogP contribution in [0.15, 0.2) is 23.1 Å². The van der Waals surface area contributed by atoms with Gasteiger partial charge in [-0.3, -0.25) is 4.79 Å². The van der Waals surface area contributed by atoms with Crippen molar-refractivity contribution in [3.8, 4) is 0 Å². The van der Waals surface area contributed by atoms with Crippen molar-refractivity contribution in [3.63, 3.8) is 0 Å². The Morgan fingerprint density at radius 1 is 1.28 bits per heavy atom. The van der Waals surface area contributed by atoms with Gasteiger partial charge in [-0.2, -0.15) is 4.31 Å². The summed E-state index contributed by atoms with van der Waals surface area (Å²) in [6.45, 7) is 7.77. The van der Waals surface area contributed by atoms with Crippen molar-refractivity contribution in [2.24, 2.45) is 5.73 Å². The number of carbonyl (C=O) groups is 1. The second-order valence-electron chi connectivity index (χ2n) is 5.86. The maximum absolute atomic E-state index is 12.7. The van der Waals surface area contributed by atoms with E-state index in [1.54, 1.807) is 26.8 Å². The van der Waals surface area contributed by atoms with Crippen LogP contribution in [0, 0.1) is 0 Å². The van der Waals surface area contributed by atoms with Gasteiger partial charge >= 0.3 is 0 Å². The molecule has 0 bridgehead atoms. The van der Waals surface area contributed by atoms with Crippen LogP contribution >= 0.6 is 24.0 Å². The third-order valence-corrected chi connectivity index (χ3v) is 6.33. The molecule has 0 aromatic heterocycles. The second kappa shape index (κ2) is 9.73. The van der Waals surface area contributed by atoms with Gasteiger partial charge in [-0.25, -0.2) is 8.42 Å². The molecule has 0 aliphatic heterocycles. The summed E-state index contributed by atoms with van der Waals surface area (Å²) >= 11 is 6.07. The molecule has 0 aliphatic carbocycles. The maximum Gasteiger partial charge on any atom is 0.244 e. The molecule has 1 aromatic carbocycles. The molecule has 0 heterocycles. The standard InChI is InChI=1S/C16H26ClN3O3S.ClH/c1-5-10-16(4,18)15(21)19-12-8-9-13(17)14(11-12)24(22,23)20(6-2)7-3;/h8-9,11H,5-7,10,18H2,1-4H3,(H,19,21);1H. The second-order valence-corrected chi connectivity index (χ2v) is 8.17. The normalized spacial score (nSPS) is 13.9. The zero-order valence-corrected chi connectivity index (χ0v) is 17.4. The van der Waals surface area contributed by atoms with Crippen LogP contribution in [-0.4, -0.2) is 37.3 Å². The summed E-state index contributed by atoms with van der Waals surface area (Å²) in [7, 11) is -3.72. The summed E-state index contributed by atoms with van der Waals surface area (Å²) in [5.74, 6) is -0.363. The molecular formula is C16H27Cl2N3O3S. The number of hydrogen-bond acceptors (Lipinski definition) is 4. The Hall–Kier alpha value is -0.860. The molecule has 0 radical (unpaired) electrons. The van der Waals surface area contributed by atoms with Crippen molar-refractivity contribution in [1.82, 2.24) is 4.31 Å². The monoisotopic (exact) mass is 411 g/mol. The molecule has 6 nitrogen and oxygen atoms in total. The van der Waals surface area contributed by atoms with Crippen LogP contribution in [0.5, 0.6) is 0 Å². The van der Waals surface area contributed by atoms with Gasteiger partial charge in [0.05, 0.1) is 10.6 Å². The van der Waals surface area contributed by atoms with Crippen LogP contribution in [0.25, 0.3) is 0 Å². The van der Waals surface area contributed by atoms with E-state index < -0.39 is 15.6 Å². The van der Waals surface area contributed by atoms with Crippen LogP contribution in [0.2, 0.25) is 5.02 Å². The number of nitrogens with two attached hydrogens (primary N) is 1. The van der Waals surface area contributed by atoms with Crippen LogP contribution in [0.4, 0.5) is 5.69 Å². The Kier molecular flexibility index (Phi) is 9.40. The average Bonchev–Trinajstić information content (AvgIpc) is 2.49. The predicted molar refractivity (Wildman–Crippen MR) is 105 cm³/mol. The minimum absolute atomic E-state index is 0. The van der Waals surface area contributed by atoms with Gasteiger partial charge in [0, 0.05) is 18.8 Å². The molecule has 0 saturated heterocycles. The van der Waals surface area contributed by atoms with E-state index in [1.807, 2.05) is 6.92 Å². The summed E-state index contributed by atoms with van der Waals surface area (Å²) in [5, 5.41) is 2.79. The lowest BCUT2D eigenvalue weighted by molar-refractivity contribution is -0.120. The lowest BCUT2D eigenvalue weighted by atomic mass is 9.96. The van der Waals surface area contributed by atoms with E-state index >= 15 is 0 Å². The van der Waals surface area contributed by atoms with Crippen LogP contribution in [0.1, 0.15) is 40.5 Å². The Labute approximate surface area is 161 Å². The molecule has 1 amide bonds. The minimum Gasteiger partial charge on any atom is -0.324 e. The summed E-state index contributed by atoms with van der Waals surface area (Å²) < 4.78 is 26.6. The van der Waals surface area contributed by atoms with Gasteiger partial charge in [-0.15, -0.1) is 12.4 Å². The van der Waals surface area contributed by atoms with Crippen molar-refractivity contribution < 1.29 is 13.2 Å². The smallest absolute Gasteiger partial charge is 0.244 e. The molecule has 0 fully saturated rings. The minimum atomic E-state index is -3.72. The Bertz CT molecular complexity index is 690. The number of nitrogens with one attached hydrogen (secondary N) is 1. The highest BCUT2D eigenvalue weighted by Gasteiger charge is 2.28. The Balaban J connectivity index is 0.00000576. The molecule has 144 valence electrons. The van der Waals surface area contributed by atoms with E-state index in [2.05, 4.69) is 5.32 Å². The fourth-order valence-electron chi connectivity index (χ4n) is 2.39. The number of carbonyl (C=O) groups excluding carboxylic acids is 1. The maximum atomic E-state index is 12.7. The van der Waals surface area contributed by atoms with E-state index in [0.29, 0.717) is 25.2 Å². The van der Waals surface area contributed by atoms with Crippen molar-refractivity contribution in [1.29, 1.82) is 0 Å². The number of sulfonamides is 1.